The van der Waals surface area contributed by atoms with Gasteiger partial charge in [-0.2, -0.15) is 0 Å². The number of likely N-dealkylation sites (N-methyl/N-ethyl adjacent to an activating group) is 1. The molecule has 36 heavy (non-hydrogen) atoms. The molecular formula is C25H23N5O5S. The third-order valence-corrected chi connectivity index (χ3v) is 6.25. The lowest BCUT2D eigenvalue weighted by molar-refractivity contribution is -0.132. The van der Waals surface area contributed by atoms with Crippen molar-refractivity contribution in [2.45, 2.75) is 25.9 Å². The van der Waals surface area contributed by atoms with E-state index < -0.39 is 6.10 Å². The SMILES string of the molecule is CCc1nnc(-c2ccc(Oc3cc(O[C@@H]4CCN(C)C4=O)cc(C(=O)Nc4nccs4)c3)cc2)o1. The molecule has 2 aromatic carbocycles. The molecule has 1 aliphatic heterocycles. The Balaban J connectivity index is 1.39. The number of amides is 2. The van der Waals surface area contributed by atoms with Gasteiger partial charge in [0.25, 0.3) is 11.8 Å². The highest BCUT2D eigenvalue weighted by atomic mass is 32.1. The van der Waals surface area contributed by atoms with Gasteiger partial charge in [-0.1, -0.05) is 6.92 Å². The monoisotopic (exact) mass is 505 g/mol. The lowest BCUT2D eigenvalue weighted by Gasteiger charge is -2.15. The fourth-order valence-corrected chi connectivity index (χ4v) is 4.19. The summed E-state index contributed by atoms with van der Waals surface area (Å²) in [6.45, 7) is 2.56. The molecule has 0 aliphatic carbocycles. The van der Waals surface area contributed by atoms with E-state index in [0.29, 0.717) is 59.1 Å². The summed E-state index contributed by atoms with van der Waals surface area (Å²) >= 11 is 1.31. The lowest BCUT2D eigenvalue weighted by atomic mass is 10.1. The van der Waals surface area contributed by atoms with Crippen LogP contribution in [0.15, 0.2) is 58.5 Å². The number of carbonyl (C=O) groups is 2. The first-order chi connectivity index (χ1) is 17.5. The number of benzene rings is 2. The number of aryl methyl sites for hydroxylation is 1. The summed E-state index contributed by atoms with van der Waals surface area (Å²) in [7, 11) is 1.74. The molecule has 0 radical (unpaired) electrons. The van der Waals surface area contributed by atoms with Crippen molar-refractivity contribution < 1.29 is 23.5 Å². The maximum atomic E-state index is 12.9. The van der Waals surface area contributed by atoms with Crippen LogP contribution in [0.2, 0.25) is 0 Å². The quantitative estimate of drug-likeness (QED) is 0.374. The molecule has 1 aliphatic rings. The fraction of sp³-hybridized carbons (Fsp3) is 0.240. The van der Waals surface area contributed by atoms with Crippen LogP contribution in [-0.4, -0.2) is 51.6 Å². The van der Waals surface area contributed by atoms with Crippen LogP contribution < -0.4 is 14.8 Å². The second kappa shape index (κ2) is 10.2. The minimum Gasteiger partial charge on any atom is -0.480 e. The van der Waals surface area contributed by atoms with Crippen molar-refractivity contribution in [3.05, 3.63) is 65.5 Å². The third-order valence-electron chi connectivity index (χ3n) is 5.56. The summed E-state index contributed by atoms with van der Waals surface area (Å²) in [5.74, 6) is 1.81. The van der Waals surface area contributed by atoms with Crippen LogP contribution >= 0.6 is 11.3 Å². The zero-order valence-electron chi connectivity index (χ0n) is 19.6. The van der Waals surface area contributed by atoms with Gasteiger partial charge >= 0.3 is 0 Å². The van der Waals surface area contributed by atoms with E-state index in [1.54, 1.807) is 53.9 Å². The van der Waals surface area contributed by atoms with Crippen LogP contribution in [0, 0.1) is 0 Å². The Morgan fingerprint density at radius 1 is 1.17 bits per heavy atom. The Hall–Kier alpha value is -4.25. The molecule has 0 saturated carbocycles. The van der Waals surface area contributed by atoms with Crippen LogP contribution in [0.25, 0.3) is 11.5 Å². The highest BCUT2D eigenvalue weighted by Gasteiger charge is 2.31. The molecule has 0 bridgehead atoms. The molecule has 1 fully saturated rings. The van der Waals surface area contributed by atoms with Crippen LogP contribution in [0.3, 0.4) is 0 Å². The molecule has 1 atom stereocenters. The number of nitrogens with zero attached hydrogens (tertiary/aromatic N) is 4. The topological polar surface area (TPSA) is 120 Å². The summed E-state index contributed by atoms with van der Waals surface area (Å²) in [4.78, 5) is 31.0. The Kier molecular flexibility index (Phi) is 6.63. The second-order valence-corrected chi connectivity index (χ2v) is 9.01. The Morgan fingerprint density at radius 3 is 2.64 bits per heavy atom. The fourth-order valence-electron chi connectivity index (χ4n) is 3.66. The Bertz CT molecular complexity index is 1370. The molecule has 11 heteroatoms. The van der Waals surface area contributed by atoms with Gasteiger partial charge in [-0.15, -0.1) is 21.5 Å². The van der Waals surface area contributed by atoms with Crippen molar-refractivity contribution in [2.75, 3.05) is 18.9 Å². The number of ether oxygens (including phenoxy) is 2. The summed E-state index contributed by atoms with van der Waals surface area (Å²) in [6.07, 6.45) is 2.23. The largest absolute Gasteiger partial charge is 0.480 e. The van der Waals surface area contributed by atoms with Crippen LogP contribution in [-0.2, 0) is 11.2 Å². The second-order valence-electron chi connectivity index (χ2n) is 8.12. The molecule has 10 nitrogen and oxygen atoms in total. The average molecular weight is 506 g/mol. The molecule has 4 aromatic rings. The smallest absolute Gasteiger partial charge is 0.263 e. The van der Waals surface area contributed by atoms with Gasteiger partial charge in [0.15, 0.2) is 11.2 Å². The molecule has 1 saturated heterocycles. The molecule has 2 amide bonds. The van der Waals surface area contributed by atoms with Gasteiger partial charge in [0.2, 0.25) is 11.8 Å². The molecule has 0 unspecified atom stereocenters. The van der Waals surface area contributed by atoms with Gasteiger partial charge in [0.1, 0.15) is 17.2 Å². The molecule has 3 heterocycles. The summed E-state index contributed by atoms with van der Waals surface area (Å²) in [5, 5.41) is 13.0. The number of nitrogens with one attached hydrogen (secondary N) is 1. The van der Waals surface area contributed by atoms with Crippen molar-refractivity contribution in [3.63, 3.8) is 0 Å². The predicted octanol–water partition coefficient (Wildman–Crippen LogP) is 4.41. The van der Waals surface area contributed by atoms with E-state index in [1.165, 1.54) is 11.3 Å². The zero-order valence-corrected chi connectivity index (χ0v) is 20.4. The van der Waals surface area contributed by atoms with Gasteiger partial charge in [0.05, 0.1) is 0 Å². The van der Waals surface area contributed by atoms with E-state index in [9.17, 15) is 9.59 Å². The molecule has 0 spiro atoms. The van der Waals surface area contributed by atoms with Gasteiger partial charge < -0.3 is 18.8 Å². The number of thiazole rings is 1. The molecular weight excluding hydrogens is 482 g/mol. The number of anilines is 1. The van der Waals surface area contributed by atoms with Crippen LogP contribution in [0.4, 0.5) is 5.13 Å². The van der Waals surface area contributed by atoms with E-state index in [-0.39, 0.29) is 11.8 Å². The van der Waals surface area contributed by atoms with Gasteiger partial charge in [-0.3, -0.25) is 14.9 Å². The number of carbonyl (C=O) groups excluding carboxylic acids is 2. The van der Waals surface area contributed by atoms with E-state index in [1.807, 2.05) is 19.1 Å². The zero-order chi connectivity index (χ0) is 25.1. The minimum absolute atomic E-state index is 0.0991. The first-order valence-electron chi connectivity index (χ1n) is 11.4. The molecule has 2 aromatic heterocycles. The van der Waals surface area contributed by atoms with Gasteiger partial charge in [-0.25, -0.2) is 4.98 Å². The summed E-state index contributed by atoms with van der Waals surface area (Å²) in [6, 6.07) is 12.0. The van der Waals surface area contributed by atoms with Gasteiger partial charge in [0, 0.05) is 55.2 Å². The van der Waals surface area contributed by atoms with Crippen molar-refractivity contribution in [2.24, 2.45) is 0 Å². The molecule has 5 rings (SSSR count). The summed E-state index contributed by atoms with van der Waals surface area (Å²) < 4.78 is 17.6. The first kappa shape index (κ1) is 23.5. The number of aromatic nitrogens is 3. The van der Waals surface area contributed by atoms with Crippen molar-refractivity contribution in [1.82, 2.24) is 20.1 Å². The normalized spacial score (nSPS) is 15.2. The van der Waals surface area contributed by atoms with Crippen LogP contribution in [0.1, 0.15) is 29.6 Å². The Morgan fingerprint density at radius 2 is 1.97 bits per heavy atom. The lowest BCUT2D eigenvalue weighted by Crippen LogP contribution is -2.29. The number of likely N-dealkylation sites (tertiary alicyclic amines) is 1. The molecule has 184 valence electrons. The number of rotatable bonds is 8. The van der Waals surface area contributed by atoms with E-state index in [4.69, 9.17) is 13.9 Å². The third kappa shape index (κ3) is 5.20. The standard InChI is InChI=1S/C25H23N5O5S/c1-3-21-28-29-23(35-21)15-4-6-17(7-5-15)33-18-12-16(22(31)27-25-26-9-11-36-25)13-19(14-18)34-20-8-10-30(2)24(20)32/h4-7,9,11-14,20H,3,8,10H2,1-2H3,(H,26,27,31)/t20-/m1/s1. The maximum Gasteiger partial charge on any atom is 0.263 e. The minimum atomic E-state index is -0.609. The van der Waals surface area contributed by atoms with E-state index in [0.717, 1.165) is 5.56 Å². The average Bonchev–Trinajstić information content (AvgIpc) is 3.64. The highest BCUT2D eigenvalue weighted by molar-refractivity contribution is 7.13. The maximum absolute atomic E-state index is 12.9. The van der Waals surface area contributed by atoms with E-state index in [2.05, 4.69) is 20.5 Å². The van der Waals surface area contributed by atoms with Crippen molar-refractivity contribution in [1.29, 1.82) is 0 Å². The molecule has 1 N–H and O–H groups in total. The Labute approximate surface area is 210 Å². The first-order valence-corrected chi connectivity index (χ1v) is 12.2. The van der Waals surface area contributed by atoms with Crippen LogP contribution in [0.5, 0.6) is 17.2 Å². The summed E-state index contributed by atoms with van der Waals surface area (Å²) in [5.41, 5.74) is 1.07. The van der Waals surface area contributed by atoms with E-state index >= 15 is 0 Å². The number of hydrogen-bond donors (Lipinski definition) is 1. The highest BCUT2D eigenvalue weighted by Crippen LogP contribution is 2.31. The van der Waals surface area contributed by atoms with Crippen molar-refractivity contribution in [3.8, 4) is 28.7 Å². The predicted molar refractivity (Wildman–Crippen MR) is 132 cm³/mol. The van der Waals surface area contributed by atoms with Gasteiger partial charge in [-0.05, 0) is 36.4 Å². The number of hydrogen-bond acceptors (Lipinski definition) is 9. The van der Waals surface area contributed by atoms with Crippen molar-refractivity contribution >= 4 is 28.3 Å².